The highest BCUT2D eigenvalue weighted by Gasteiger charge is 2.13. The maximum atomic E-state index is 5.43. The van der Waals surface area contributed by atoms with E-state index in [1.54, 1.807) is 7.05 Å². The van der Waals surface area contributed by atoms with Crippen LogP contribution in [-0.2, 0) is 32.4 Å². The van der Waals surface area contributed by atoms with Gasteiger partial charge in [0.2, 0.25) is 0 Å². The number of hydrogen-bond acceptors (Lipinski definition) is 4. The normalized spacial score (nSPS) is 11.2. The molecule has 162 valence electrons. The fourth-order valence-electron chi connectivity index (χ4n) is 3.32. The molecule has 2 aromatic heterocycles. The Bertz CT molecular complexity index is 897. The van der Waals surface area contributed by atoms with Crippen molar-refractivity contribution in [3.05, 3.63) is 71.1 Å². The summed E-state index contributed by atoms with van der Waals surface area (Å²) in [5.41, 5.74) is 3.41. The molecule has 7 nitrogen and oxygen atoms in total. The van der Waals surface area contributed by atoms with Crippen LogP contribution in [0.1, 0.15) is 42.3 Å². The third-order valence-electron chi connectivity index (χ3n) is 4.90. The first-order valence-corrected chi connectivity index (χ1v) is 10.2. The first-order valence-electron chi connectivity index (χ1n) is 10.2. The van der Waals surface area contributed by atoms with E-state index in [2.05, 4.69) is 68.4 Å². The number of hydrogen-bond donors (Lipinski definition) is 2. The van der Waals surface area contributed by atoms with Gasteiger partial charge in [-0.2, -0.15) is 0 Å². The number of benzene rings is 1. The fourth-order valence-corrected chi connectivity index (χ4v) is 3.32. The van der Waals surface area contributed by atoms with E-state index >= 15 is 0 Å². The second-order valence-electron chi connectivity index (χ2n) is 6.80. The minimum atomic E-state index is 0. The Morgan fingerprint density at radius 3 is 2.63 bits per heavy atom. The third kappa shape index (κ3) is 6.32. The van der Waals surface area contributed by atoms with Crippen LogP contribution in [0.5, 0.6) is 0 Å². The van der Waals surface area contributed by atoms with Gasteiger partial charge in [-0.1, -0.05) is 49.3 Å². The molecule has 1 aromatic carbocycles. The molecular weight excluding hydrogens is 491 g/mol. The van der Waals surface area contributed by atoms with Gasteiger partial charge in [-0.25, -0.2) is 4.98 Å². The van der Waals surface area contributed by atoms with Crippen LogP contribution in [-0.4, -0.2) is 34.3 Å². The average molecular weight is 522 g/mol. The van der Waals surface area contributed by atoms with Crippen molar-refractivity contribution in [3.8, 4) is 0 Å². The van der Waals surface area contributed by atoms with Crippen LogP contribution in [0, 0.1) is 0 Å². The van der Waals surface area contributed by atoms with Gasteiger partial charge in [0, 0.05) is 57.5 Å². The third-order valence-corrected chi connectivity index (χ3v) is 4.90. The molecule has 0 saturated carbocycles. The Balaban J connectivity index is 0.00000320. The maximum absolute atomic E-state index is 5.43. The number of imidazole rings is 1. The molecule has 0 aliphatic heterocycles. The summed E-state index contributed by atoms with van der Waals surface area (Å²) in [6, 6.07) is 10.4. The topological polar surface area (TPSA) is 80.3 Å². The van der Waals surface area contributed by atoms with Gasteiger partial charge >= 0.3 is 0 Å². The van der Waals surface area contributed by atoms with E-state index in [4.69, 9.17) is 4.52 Å². The van der Waals surface area contributed by atoms with Gasteiger partial charge in [0.15, 0.2) is 5.96 Å². The van der Waals surface area contributed by atoms with Crippen molar-refractivity contribution in [1.82, 2.24) is 25.3 Å². The molecule has 3 aromatic rings. The zero-order valence-electron chi connectivity index (χ0n) is 17.9. The molecule has 0 atom stereocenters. The SMILES string of the molecule is CCc1noc(CC)c1CNC(=NC)NCCc1nccn1Cc1ccccc1.I. The van der Waals surface area contributed by atoms with Gasteiger partial charge in [0.25, 0.3) is 0 Å². The smallest absolute Gasteiger partial charge is 0.191 e. The molecule has 0 spiro atoms. The highest BCUT2D eigenvalue weighted by atomic mass is 127. The molecule has 0 aliphatic rings. The summed E-state index contributed by atoms with van der Waals surface area (Å²) in [5.74, 6) is 2.75. The highest BCUT2D eigenvalue weighted by Crippen LogP contribution is 2.15. The molecule has 0 aliphatic carbocycles. The van der Waals surface area contributed by atoms with Crippen molar-refractivity contribution < 1.29 is 4.52 Å². The van der Waals surface area contributed by atoms with Crippen molar-refractivity contribution in [2.75, 3.05) is 13.6 Å². The van der Waals surface area contributed by atoms with Gasteiger partial charge in [0.1, 0.15) is 11.6 Å². The predicted molar refractivity (Wildman–Crippen MR) is 130 cm³/mol. The number of aliphatic imine (C=N–C) groups is 1. The molecule has 8 heteroatoms. The first-order chi connectivity index (χ1) is 14.2. The van der Waals surface area contributed by atoms with Crippen molar-refractivity contribution >= 4 is 29.9 Å². The Morgan fingerprint density at radius 2 is 1.93 bits per heavy atom. The number of aromatic nitrogens is 3. The lowest BCUT2D eigenvalue weighted by Gasteiger charge is -2.13. The summed E-state index contributed by atoms with van der Waals surface area (Å²) < 4.78 is 7.62. The molecule has 2 heterocycles. The summed E-state index contributed by atoms with van der Waals surface area (Å²) in [6.45, 7) is 6.39. The minimum Gasteiger partial charge on any atom is -0.361 e. The van der Waals surface area contributed by atoms with Gasteiger partial charge in [-0.05, 0) is 12.0 Å². The quantitative estimate of drug-likeness (QED) is 0.255. The Hall–Kier alpha value is -2.36. The summed E-state index contributed by atoms with van der Waals surface area (Å²) in [5, 5.41) is 10.9. The molecular formula is C22H31IN6O. The molecule has 0 amide bonds. The van der Waals surface area contributed by atoms with Crippen molar-refractivity contribution in [2.45, 2.75) is 46.2 Å². The molecule has 0 bridgehead atoms. The van der Waals surface area contributed by atoms with Gasteiger partial charge in [-0.3, -0.25) is 4.99 Å². The minimum absolute atomic E-state index is 0. The standard InChI is InChI=1S/C22H30N6O.HI/c1-4-19-18(20(5-2)29-27-19)15-26-22(23-3)25-12-11-21-24-13-14-28(21)16-17-9-7-6-8-10-17;/h6-10,13-14H,4-5,11-12,15-16H2,1-3H3,(H2,23,25,26);1H. The van der Waals surface area contributed by atoms with Gasteiger partial charge < -0.3 is 19.7 Å². The van der Waals surface area contributed by atoms with E-state index in [1.165, 1.54) is 5.56 Å². The molecule has 3 rings (SSSR count). The van der Waals surface area contributed by atoms with Gasteiger partial charge in [0.05, 0.1) is 5.69 Å². The van der Waals surface area contributed by atoms with E-state index in [-0.39, 0.29) is 24.0 Å². The van der Waals surface area contributed by atoms with Gasteiger partial charge in [-0.15, -0.1) is 24.0 Å². The lowest BCUT2D eigenvalue weighted by Crippen LogP contribution is -2.38. The lowest BCUT2D eigenvalue weighted by atomic mass is 10.1. The zero-order valence-corrected chi connectivity index (χ0v) is 20.2. The maximum Gasteiger partial charge on any atom is 0.191 e. The number of rotatable bonds is 9. The van der Waals surface area contributed by atoms with E-state index in [9.17, 15) is 0 Å². The predicted octanol–water partition coefficient (Wildman–Crippen LogP) is 3.57. The summed E-state index contributed by atoms with van der Waals surface area (Å²) >= 11 is 0. The molecule has 0 saturated heterocycles. The van der Waals surface area contributed by atoms with E-state index in [0.29, 0.717) is 6.54 Å². The van der Waals surface area contributed by atoms with Crippen LogP contribution < -0.4 is 10.6 Å². The van der Waals surface area contributed by atoms with Crippen LogP contribution in [0.4, 0.5) is 0 Å². The molecule has 0 radical (unpaired) electrons. The Kier molecular flexibility index (Phi) is 9.85. The summed E-state index contributed by atoms with van der Waals surface area (Å²) in [7, 11) is 1.78. The Labute approximate surface area is 195 Å². The number of nitrogens with one attached hydrogen (secondary N) is 2. The lowest BCUT2D eigenvalue weighted by molar-refractivity contribution is 0.380. The van der Waals surface area contributed by atoms with Crippen LogP contribution in [0.3, 0.4) is 0 Å². The number of nitrogens with zero attached hydrogens (tertiary/aromatic N) is 4. The van der Waals surface area contributed by atoms with Crippen LogP contribution in [0.25, 0.3) is 0 Å². The van der Waals surface area contributed by atoms with Crippen LogP contribution >= 0.6 is 24.0 Å². The van der Waals surface area contributed by atoms with Crippen molar-refractivity contribution in [1.29, 1.82) is 0 Å². The fraction of sp³-hybridized carbons (Fsp3) is 0.409. The van der Waals surface area contributed by atoms with E-state index in [1.807, 2.05) is 18.5 Å². The second kappa shape index (κ2) is 12.4. The summed E-state index contributed by atoms with van der Waals surface area (Å²) in [4.78, 5) is 8.83. The van der Waals surface area contributed by atoms with E-state index in [0.717, 1.165) is 61.2 Å². The average Bonchev–Trinajstić information content (AvgIpc) is 3.37. The number of halogens is 1. The van der Waals surface area contributed by atoms with Crippen molar-refractivity contribution in [3.63, 3.8) is 0 Å². The highest BCUT2D eigenvalue weighted by molar-refractivity contribution is 14.0. The van der Waals surface area contributed by atoms with Crippen LogP contribution in [0.15, 0.2) is 52.2 Å². The molecule has 30 heavy (non-hydrogen) atoms. The molecule has 0 fully saturated rings. The van der Waals surface area contributed by atoms with E-state index < -0.39 is 0 Å². The first kappa shape index (κ1) is 23.9. The second-order valence-corrected chi connectivity index (χ2v) is 6.80. The number of aryl methyl sites for hydroxylation is 2. The molecule has 2 N–H and O–H groups in total. The summed E-state index contributed by atoms with van der Waals surface area (Å²) in [6.07, 6.45) is 6.39. The van der Waals surface area contributed by atoms with Crippen molar-refractivity contribution in [2.24, 2.45) is 4.99 Å². The molecule has 0 unspecified atom stereocenters. The largest absolute Gasteiger partial charge is 0.361 e. The monoisotopic (exact) mass is 522 g/mol. The van der Waals surface area contributed by atoms with Crippen LogP contribution in [0.2, 0.25) is 0 Å². The number of guanidine groups is 1. The Morgan fingerprint density at radius 1 is 1.13 bits per heavy atom. The zero-order chi connectivity index (χ0) is 20.5.